The first kappa shape index (κ1) is 14.2. The van der Waals surface area contributed by atoms with Gasteiger partial charge in [0.2, 0.25) is 0 Å². The lowest BCUT2D eigenvalue weighted by atomic mass is 9.92. The number of hydrogen-bond donors (Lipinski definition) is 1. The highest BCUT2D eigenvalue weighted by Gasteiger charge is 2.22. The molecule has 0 spiro atoms. The van der Waals surface area contributed by atoms with E-state index < -0.39 is 0 Å². The van der Waals surface area contributed by atoms with E-state index in [-0.39, 0.29) is 0 Å². The quantitative estimate of drug-likeness (QED) is 0.853. The summed E-state index contributed by atoms with van der Waals surface area (Å²) < 4.78 is 11.2. The number of rotatable bonds is 6. The average molecular weight is 263 g/mol. The van der Waals surface area contributed by atoms with Gasteiger partial charge in [0.25, 0.3) is 0 Å². The molecule has 0 amide bonds. The maximum atomic E-state index is 6.07. The lowest BCUT2D eigenvalue weighted by Gasteiger charge is -2.30. The largest absolute Gasteiger partial charge is 0.497 e. The number of methoxy groups -OCH3 is 1. The van der Waals surface area contributed by atoms with E-state index in [1.54, 1.807) is 7.11 Å². The Balaban J connectivity index is 1.83. The lowest BCUT2D eigenvalue weighted by Crippen LogP contribution is -2.38. The van der Waals surface area contributed by atoms with E-state index in [1.807, 2.05) is 24.3 Å². The Morgan fingerprint density at radius 2 is 1.89 bits per heavy atom. The van der Waals surface area contributed by atoms with Crippen molar-refractivity contribution < 1.29 is 9.47 Å². The molecule has 0 aliphatic heterocycles. The highest BCUT2D eigenvalue weighted by atomic mass is 16.5. The van der Waals surface area contributed by atoms with Gasteiger partial charge in [0.05, 0.1) is 7.11 Å². The lowest BCUT2D eigenvalue weighted by molar-refractivity contribution is 0.134. The number of ether oxygens (including phenoxy) is 2. The van der Waals surface area contributed by atoms with Crippen LogP contribution < -0.4 is 14.8 Å². The van der Waals surface area contributed by atoms with Gasteiger partial charge < -0.3 is 14.8 Å². The number of benzene rings is 1. The zero-order valence-corrected chi connectivity index (χ0v) is 12.0. The van der Waals surface area contributed by atoms with Gasteiger partial charge in [-0.15, -0.1) is 0 Å². The molecule has 106 valence electrons. The summed E-state index contributed by atoms with van der Waals surface area (Å²) in [5.41, 5.74) is 0. The first-order valence-corrected chi connectivity index (χ1v) is 7.36. The molecule has 1 aliphatic carbocycles. The molecule has 2 atom stereocenters. The van der Waals surface area contributed by atoms with Crippen LogP contribution in [0.3, 0.4) is 0 Å². The summed E-state index contributed by atoms with van der Waals surface area (Å²) in [6.45, 7) is 3.32. The Morgan fingerprint density at radius 1 is 1.16 bits per heavy atom. The van der Waals surface area contributed by atoms with Crippen LogP contribution in [0.4, 0.5) is 0 Å². The monoisotopic (exact) mass is 263 g/mol. The molecule has 1 aliphatic rings. The van der Waals surface area contributed by atoms with Gasteiger partial charge in [-0.05, 0) is 62.9 Å². The van der Waals surface area contributed by atoms with Crippen molar-refractivity contribution in [3.05, 3.63) is 24.3 Å². The summed E-state index contributed by atoms with van der Waals surface area (Å²) in [6, 6.07) is 8.50. The Labute approximate surface area is 116 Å². The Hall–Kier alpha value is -1.22. The van der Waals surface area contributed by atoms with Crippen molar-refractivity contribution in [3.8, 4) is 11.5 Å². The Bertz CT molecular complexity index is 364. The van der Waals surface area contributed by atoms with Gasteiger partial charge in [-0.25, -0.2) is 0 Å². The maximum absolute atomic E-state index is 6.07. The van der Waals surface area contributed by atoms with E-state index in [0.717, 1.165) is 30.9 Å². The van der Waals surface area contributed by atoms with Gasteiger partial charge in [0.15, 0.2) is 0 Å². The van der Waals surface area contributed by atoms with Crippen molar-refractivity contribution in [1.29, 1.82) is 0 Å². The van der Waals surface area contributed by atoms with Crippen molar-refractivity contribution in [3.63, 3.8) is 0 Å². The minimum Gasteiger partial charge on any atom is -0.497 e. The first-order chi connectivity index (χ1) is 9.31. The molecule has 2 rings (SSSR count). The van der Waals surface area contributed by atoms with Crippen molar-refractivity contribution >= 4 is 0 Å². The molecule has 1 fully saturated rings. The number of nitrogens with one attached hydrogen (secondary N) is 1. The third-order valence-corrected chi connectivity index (χ3v) is 3.67. The Kier molecular flexibility index (Phi) is 5.52. The summed E-state index contributed by atoms with van der Waals surface area (Å²) in [6.07, 6.45) is 6.35. The predicted molar refractivity (Wildman–Crippen MR) is 78.0 cm³/mol. The molecule has 3 heteroatoms. The second-order valence-corrected chi connectivity index (χ2v) is 5.23. The maximum Gasteiger partial charge on any atom is 0.119 e. The van der Waals surface area contributed by atoms with E-state index >= 15 is 0 Å². The van der Waals surface area contributed by atoms with Crippen LogP contribution in [0.1, 0.15) is 39.0 Å². The van der Waals surface area contributed by atoms with E-state index in [0.29, 0.717) is 12.1 Å². The van der Waals surface area contributed by atoms with Crippen LogP contribution in [-0.4, -0.2) is 25.8 Å². The molecule has 0 heterocycles. The van der Waals surface area contributed by atoms with Gasteiger partial charge in [0, 0.05) is 6.04 Å². The smallest absolute Gasteiger partial charge is 0.119 e. The molecular weight excluding hydrogens is 238 g/mol. The molecule has 1 aromatic rings. The normalized spacial score (nSPS) is 23.1. The van der Waals surface area contributed by atoms with Gasteiger partial charge in [-0.2, -0.15) is 0 Å². The zero-order valence-electron chi connectivity index (χ0n) is 12.0. The molecule has 1 N–H and O–H groups in total. The highest BCUT2D eigenvalue weighted by Crippen LogP contribution is 2.25. The van der Waals surface area contributed by atoms with Crippen molar-refractivity contribution in [2.45, 2.75) is 51.2 Å². The van der Waals surface area contributed by atoms with Gasteiger partial charge in [-0.3, -0.25) is 0 Å². The molecule has 3 nitrogen and oxygen atoms in total. The SMILES string of the molecule is CCCNC1CCCC(Oc2ccc(OC)cc2)C1. The van der Waals surface area contributed by atoms with Crippen molar-refractivity contribution in [1.82, 2.24) is 5.32 Å². The van der Waals surface area contributed by atoms with Crippen LogP contribution in [-0.2, 0) is 0 Å². The minimum atomic E-state index is 0.344. The van der Waals surface area contributed by atoms with Crippen molar-refractivity contribution in [2.24, 2.45) is 0 Å². The third kappa shape index (κ3) is 4.43. The van der Waals surface area contributed by atoms with Crippen molar-refractivity contribution in [2.75, 3.05) is 13.7 Å². The van der Waals surface area contributed by atoms with Crippen LogP contribution >= 0.6 is 0 Å². The van der Waals surface area contributed by atoms with E-state index in [4.69, 9.17) is 9.47 Å². The van der Waals surface area contributed by atoms with E-state index in [9.17, 15) is 0 Å². The second-order valence-electron chi connectivity index (χ2n) is 5.23. The predicted octanol–water partition coefficient (Wildman–Crippen LogP) is 3.38. The molecule has 1 saturated carbocycles. The zero-order chi connectivity index (χ0) is 13.5. The molecule has 0 radical (unpaired) electrons. The Morgan fingerprint density at radius 3 is 2.58 bits per heavy atom. The van der Waals surface area contributed by atoms with E-state index in [1.165, 1.54) is 19.3 Å². The second kappa shape index (κ2) is 7.39. The van der Waals surface area contributed by atoms with Crippen LogP contribution in [0.25, 0.3) is 0 Å². The fraction of sp³-hybridized carbons (Fsp3) is 0.625. The summed E-state index contributed by atoms with van der Waals surface area (Å²) in [7, 11) is 1.68. The summed E-state index contributed by atoms with van der Waals surface area (Å²) in [5, 5.41) is 3.61. The molecule has 0 aromatic heterocycles. The standard InChI is InChI=1S/C16H25NO2/c1-3-11-17-13-5-4-6-16(12-13)19-15-9-7-14(18-2)8-10-15/h7-10,13,16-17H,3-6,11-12H2,1-2H3. The van der Waals surface area contributed by atoms with Crippen LogP contribution in [0.2, 0.25) is 0 Å². The van der Waals surface area contributed by atoms with Gasteiger partial charge >= 0.3 is 0 Å². The van der Waals surface area contributed by atoms with Crippen LogP contribution in [0, 0.1) is 0 Å². The number of hydrogen-bond acceptors (Lipinski definition) is 3. The molecule has 0 bridgehead atoms. The average Bonchev–Trinajstić information content (AvgIpc) is 2.46. The first-order valence-electron chi connectivity index (χ1n) is 7.36. The van der Waals surface area contributed by atoms with E-state index in [2.05, 4.69) is 12.2 Å². The third-order valence-electron chi connectivity index (χ3n) is 3.67. The summed E-state index contributed by atoms with van der Waals surface area (Å²) in [4.78, 5) is 0. The fourth-order valence-corrected chi connectivity index (χ4v) is 2.63. The summed E-state index contributed by atoms with van der Waals surface area (Å²) >= 11 is 0. The molecule has 0 saturated heterocycles. The fourth-order valence-electron chi connectivity index (χ4n) is 2.63. The molecule has 1 aromatic carbocycles. The van der Waals surface area contributed by atoms with Gasteiger partial charge in [0.1, 0.15) is 17.6 Å². The van der Waals surface area contributed by atoms with Gasteiger partial charge in [-0.1, -0.05) is 6.92 Å². The van der Waals surface area contributed by atoms with Crippen LogP contribution in [0.15, 0.2) is 24.3 Å². The molecule has 2 unspecified atom stereocenters. The summed E-state index contributed by atoms with van der Waals surface area (Å²) in [5.74, 6) is 1.82. The topological polar surface area (TPSA) is 30.5 Å². The minimum absolute atomic E-state index is 0.344. The highest BCUT2D eigenvalue weighted by molar-refractivity contribution is 5.31. The molecule has 19 heavy (non-hydrogen) atoms. The van der Waals surface area contributed by atoms with Crippen LogP contribution in [0.5, 0.6) is 11.5 Å². The molecular formula is C16H25NO2.